The van der Waals surface area contributed by atoms with Crippen LogP contribution in [0.4, 0.5) is 0 Å². The van der Waals surface area contributed by atoms with Crippen LogP contribution in [-0.4, -0.2) is 23.2 Å². The first-order chi connectivity index (χ1) is 5.72. The average molecular weight is 300 g/mol. The third-order valence-electron chi connectivity index (χ3n) is 2.31. The number of alkyl halides is 2. The highest BCUT2D eigenvalue weighted by atomic mass is 79.9. The van der Waals surface area contributed by atoms with E-state index in [0.717, 1.165) is 23.5 Å². The summed E-state index contributed by atoms with van der Waals surface area (Å²) in [5.41, 5.74) is 0.101. The van der Waals surface area contributed by atoms with Gasteiger partial charge in [0.1, 0.15) is 0 Å². The fourth-order valence-electron chi connectivity index (χ4n) is 1.49. The van der Waals surface area contributed by atoms with Crippen molar-refractivity contribution in [3.63, 3.8) is 0 Å². The molecule has 0 aromatic carbocycles. The van der Waals surface area contributed by atoms with Gasteiger partial charge >= 0.3 is 5.97 Å². The van der Waals surface area contributed by atoms with Gasteiger partial charge in [-0.25, -0.2) is 0 Å². The van der Waals surface area contributed by atoms with Crippen molar-refractivity contribution in [1.82, 2.24) is 0 Å². The summed E-state index contributed by atoms with van der Waals surface area (Å²) in [5.74, 6) is -0.0445. The standard InChI is InChI=1S/C8H12Br2O2/c9-3-1-8(2-4-10)5-7(11)12-6-8/h1-6H2. The molecule has 1 aliphatic heterocycles. The Morgan fingerprint density at radius 2 is 1.92 bits per heavy atom. The summed E-state index contributed by atoms with van der Waals surface area (Å²) in [6.45, 7) is 0.600. The number of halogens is 2. The van der Waals surface area contributed by atoms with Crippen LogP contribution < -0.4 is 0 Å². The third-order valence-corrected chi connectivity index (χ3v) is 3.10. The summed E-state index contributed by atoms with van der Waals surface area (Å²) in [6, 6.07) is 0. The number of carbonyl (C=O) groups is 1. The van der Waals surface area contributed by atoms with E-state index in [2.05, 4.69) is 31.9 Å². The van der Waals surface area contributed by atoms with Crippen LogP contribution in [0, 0.1) is 5.41 Å². The van der Waals surface area contributed by atoms with E-state index < -0.39 is 0 Å². The van der Waals surface area contributed by atoms with Crippen LogP contribution in [0.25, 0.3) is 0 Å². The molecular weight excluding hydrogens is 288 g/mol. The smallest absolute Gasteiger partial charge is 0.306 e. The maximum Gasteiger partial charge on any atom is 0.306 e. The Labute approximate surface area is 89.3 Å². The lowest BCUT2D eigenvalue weighted by Crippen LogP contribution is -2.22. The summed E-state index contributed by atoms with van der Waals surface area (Å²) in [6.07, 6.45) is 2.62. The van der Waals surface area contributed by atoms with Crippen LogP contribution in [0.15, 0.2) is 0 Å². The highest BCUT2D eigenvalue weighted by Crippen LogP contribution is 2.37. The lowest BCUT2D eigenvalue weighted by Gasteiger charge is -2.23. The Bertz CT molecular complexity index is 164. The third kappa shape index (κ3) is 2.46. The van der Waals surface area contributed by atoms with E-state index >= 15 is 0 Å². The number of hydrogen-bond acceptors (Lipinski definition) is 2. The number of cyclic esters (lactones) is 1. The van der Waals surface area contributed by atoms with Crippen molar-refractivity contribution < 1.29 is 9.53 Å². The number of rotatable bonds is 4. The molecule has 0 bridgehead atoms. The Morgan fingerprint density at radius 3 is 2.25 bits per heavy atom. The van der Waals surface area contributed by atoms with E-state index in [0.29, 0.717) is 13.0 Å². The van der Waals surface area contributed by atoms with Crippen LogP contribution in [0.5, 0.6) is 0 Å². The fraction of sp³-hybridized carbons (Fsp3) is 0.875. The van der Waals surface area contributed by atoms with Gasteiger partial charge in [-0.3, -0.25) is 4.79 Å². The van der Waals surface area contributed by atoms with Gasteiger partial charge in [0.15, 0.2) is 0 Å². The molecule has 4 heteroatoms. The van der Waals surface area contributed by atoms with E-state index in [4.69, 9.17) is 4.74 Å². The summed E-state index contributed by atoms with van der Waals surface area (Å²) in [7, 11) is 0. The second kappa shape index (κ2) is 4.61. The highest BCUT2D eigenvalue weighted by Gasteiger charge is 2.38. The summed E-state index contributed by atoms with van der Waals surface area (Å²) in [5, 5.41) is 1.88. The van der Waals surface area contributed by atoms with Gasteiger partial charge in [-0.05, 0) is 12.8 Å². The van der Waals surface area contributed by atoms with Crippen molar-refractivity contribution >= 4 is 37.8 Å². The molecule has 0 radical (unpaired) electrons. The van der Waals surface area contributed by atoms with E-state index in [1.807, 2.05) is 0 Å². The van der Waals surface area contributed by atoms with Gasteiger partial charge in [-0.15, -0.1) is 0 Å². The number of ether oxygens (including phenoxy) is 1. The lowest BCUT2D eigenvalue weighted by atomic mass is 9.82. The van der Waals surface area contributed by atoms with Gasteiger partial charge in [0.25, 0.3) is 0 Å². The first kappa shape index (κ1) is 10.5. The van der Waals surface area contributed by atoms with Crippen LogP contribution in [0.1, 0.15) is 19.3 Å². The van der Waals surface area contributed by atoms with Gasteiger partial charge in [0, 0.05) is 16.1 Å². The van der Waals surface area contributed by atoms with Crippen molar-refractivity contribution in [1.29, 1.82) is 0 Å². The van der Waals surface area contributed by atoms with Crippen LogP contribution in [0.3, 0.4) is 0 Å². The summed E-state index contributed by atoms with van der Waals surface area (Å²) in [4.78, 5) is 11.0. The van der Waals surface area contributed by atoms with Crippen molar-refractivity contribution in [3.8, 4) is 0 Å². The Balaban J connectivity index is 2.54. The molecule has 0 aromatic heterocycles. The fourth-order valence-corrected chi connectivity index (χ4v) is 3.17. The van der Waals surface area contributed by atoms with Gasteiger partial charge in [-0.1, -0.05) is 31.9 Å². The summed E-state index contributed by atoms with van der Waals surface area (Å²) < 4.78 is 4.99. The first-order valence-electron chi connectivity index (χ1n) is 4.00. The molecule has 0 saturated carbocycles. The molecule has 0 spiro atoms. The van der Waals surface area contributed by atoms with Crippen molar-refractivity contribution in [3.05, 3.63) is 0 Å². The van der Waals surface area contributed by atoms with Crippen molar-refractivity contribution in [2.24, 2.45) is 5.41 Å². The normalized spacial score (nSPS) is 21.0. The monoisotopic (exact) mass is 298 g/mol. The molecule has 0 N–H and O–H groups in total. The van der Waals surface area contributed by atoms with Crippen LogP contribution in [-0.2, 0) is 9.53 Å². The summed E-state index contributed by atoms with van der Waals surface area (Å²) >= 11 is 6.80. The molecule has 0 unspecified atom stereocenters. The zero-order chi connectivity index (χ0) is 9.03. The second-order valence-corrected chi connectivity index (χ2v) is 4.80. The number of carbonyl (C=O) groups excluding carboxylic acids is 1. The molecule has 70 valence electrons. The van der Waals surface area contributed by atoms with E-state index in [1.54, 1.807) is 0 Å². The predicted molar refractivity (Wildman–Crippen MR) is 54.8 cm³/mol. The molecule has 0 amide bonds. The van der Waals surface area contributed by atoms with Gasteiger partial charge in [-0.2, -0.15) is 0 Å². The average Bonchev–Trinajstić information content (AvgIpc) is 2.34. The molecule has 0 aromatic rings. The quantitative estimate of drug-likeness (QED) is 0.589. The SMILES string of the molecule is O=C1CC(CCBr)(CCBr)CO1. The molecule has 0 aliphatic carbocycles. The molecule has 1 heterocycles. The minimum absolute atomic E-state index is 0.0445. The van der Waals surface area contributed by atoms with Gasteiger partial charge < -0.3 is 4.74 Å². The second-order valence-electron chi connectivity index (χ2n) is 3.22. The molecule has 2 nitrogen and oxygen atoms in total. The van der Waals surface area contributed by atoms with Crippen LogP contribution >= 0.6 is 31.9 Å². The Morgan fingerprint density at radius 1 is 1.33 bits per heavy atom. The van der Waals surface area contributed by atoms with Crippen LogP contribution in [0.2, 0.25) is 0 Å². The maximum atomic E-state index is 11.0. The zero-order valence-electron chi connectivity index (χ0n) is 6.82. The molecule has 1 rings (SSSR count). The van der Waals surface area contributed by atoms with E-state index in [-0.39, 0.29) is 11.4 Å². The van der Waals surface area contributed by atoms with Gasteiger partial charge in [0.05, 0.1) is 13.0 Å². The predicted octanol–water partition coefficient (Wildman–Crippen LogP) is 2.49. The Hall–Kier alpha value is 0.430. The molecule has 0 atom stereocenters. The van der Waals surface area contributed by atoms with Crippen molar-refractivity contribution in [2.75, 3.05) is 17.3 Å². The molecule has 1 fully saturated rings. The topological polar surface area (TPSA) is 26.3 Å². The molecule has 1 aliphatic rings. The lowest BCUT2D eigenvalue weighted by molar-refractivity contribution is -0.137. The zero-order valence-corrected chi connectivity index (χ0v) is 9.99. The first-order valence-corrected chi connectivity index (χ1v) is 6.24. The maximum absolute atomic E-state index is 11.0. The highest BCUT2D eigenvalue weighted by molar-refractivity contribution is 9.09. The largest absolute Gasteiger partial charge is 0.465 e. The minimum Gasteiger partial charge on any atom is -0.465 e. The minimum atomic E-state index is -0.0445. The molecule has 12 heavy (non-hydrogen) atoms. The van der Waals surface area contributed by atoms with Gasteiger partial charge in [0.2, 0.25) is 0 Å². The van der Waals surface area contributed by atoms with E-state index in [9.17, 15) is 4.79 Å². The molecular formula is C8H12Br2O2. The van der Waals surface area contributed by atoms with Crippen molar-refractivity contribution in [2.45, 2.75) is 19.3 Å². The number of hydrogen-bond donors (Lipinski definition) is 0. The Kier molecular flexibility index (Phi) is 4.03. The van der Waals surface area contributed by atoms with E-state index in [1.165, 1.54) is 0 Å². The number of esters is 1. The molecule has 1 saturated heterocycles.